The minimum Gasteiger partial charge on any atom is -0.400 e. The van der Waals surface area contributed by atoms with E-state index in [9.17, 15) is 0 Å². The van der Waals surface area contributed by atoms with Crippen molar-refractivity contribution in [1.82, 2.24) is 4.90 Å². The summed E-state index contributed by atoms with van der Waals surface area (Å²) in [5.74, 6) is 1.04. The van der Waals surface area contributed by atoms with E-state index in [-0.39, 0.29) is 0 Å². The van der Waals surface area contributed by atoms with E-state index in [4.69, 9.17) is 21.5 Å². The topological polar surface area (TPSA) is 80.0 Å². The van der Waals surface area contributed by atoms with Gasteiger partial charge in [-0.25, -0.2) is 4.99 Å². The molecule has 0 saturated carbocycles. The van der Waals surface area contributed by atoms with Gasteiger partial charge in [0.15, 0.2) is 5.84 Å². The number of hydrogen-bond acceptors (Lipinski definition) is 3. The van der Waals surface area contributed by atoms with Crippen molar-refractivity contribution in [2.24, 2.45) is 21.5 Å². The Balaban J connectivity index is 1.23. The summed E-state index contributed by atoms with van der Waals surface area (Å²) >= 11 is 0. The van der Waals surface area contributed by atoms with Crippen molar-refractivity contribution < 1.29 is 0 Å². The van der Waals surface area contributed by atoms with Crippen LogP contribution in [0.25, 0.3) is 32.7 Å². The summed E-state index contributed by atoms with van der Waals surface area (Å²) in [6.45, 7) is 1.22. The number of nitrogens with two attached hydrogens (primary N) is 2. The van der Waals surface area contributed by atoms with Gasteiger partial charge < -0.3 is 16.4 Å². The molecule has 0 spiro atoms. The third-order valence-corrected chi connectivity index (χ3v) is 9.16. The SMILES string of the molecule is CN(Cc1ccc2cc(-c3cc4ccccc4cc3C/N=C(\N=C(/N)c3ccccc3)c3ccccc3)ccc2c1)C1=C(\N)CC/C=C/C=C\1. The van der Waals surface area contributed by atoms with Gasteiger partial charge in [0.05, 0.1) is 12.2 Å². The van der Waals surface area contributed by atoms with Crippen LogP contribution in [0.15, 0.2) is 179 Å². The number of likely N-dealkylation sites (N-methyl/N-ethyl adjacent to an activating group) is 1. The van der Waals surface area contributed by atoms with Crippen LogP contribution >= 0.6 is 0 Å². The smallest absolute Gasteiger partial charge is 0.157 e. The van der Waals surface area contributed by atoms with Crippen LogP contribution in [0.2, 0.25) is 0 Å². The summed E-state index contributed by atoms with van der Waals surface area (Å²) in [4.78, 5) is 12.2. The van der Waals surface area contributed by atoms with Crippen molar-refractivity contribution in [2.45, 2.75) is 25.9 Å². The molecule has 0 aromatic heterocycles. The van der Waals surface area contributed by atoms with Crippen LogP contribution < -0.4 is 11.5 Å². The standard InChI is InChI=1S/C45H41N5/c1-50(43-21-11-3-2-10-20-42(43)46)31-32-22-23-38-27-39(25-24-37(38)26-32)41-29-36-19-13-12-18-35(36)28-40(41)30-48-45(34-16-8-5-9-17-34)49-44(47)33-14-6-4-7-15-33/h2-9,11-19,21-29H,10,20,30-31,46H2,1H3,(H2,47,48,49)/b3-2+,21-11-,43-42-. The molecule has 5 heteroatoms. The number of aliphatic imine (C=N–C) groups is 2. The number of benzene rings is 6. The summed E-state index contributed by atoms with van der Waals surface area (Å²) in [6.07, 6.45) is 10.3. The van der Waals surface area contributed by atoms with Gasteiger partial charge in [0, 0.05) is 30.4 Å². The van der Waals surface area contributed by atoms with Gasteiger partial charge in [-0.3, -0.25) is 4.99 Å². The molecule has 4 N–H and O–H groups in total. The van der Waals surface area contributed by atoms with Gasteiger partial charge >= 0.3 is 0 Å². The number of amidine groups is 2. The Hall–Kier alpha value is -6.20. The van der Waals surface area contributed by atoms with Gasteiger partial charge in [0.25, 0.3) is 0 Å². The Labute approximate surface area is 294 Å². The number of nitrogens with zero attached hydrogens (tertiary/aromatic N) is 3. The molecule has 0 fully saturated rings. The molecule has 1 aliphatic rings. The lowest BCUT2D eigenvalue weighted by Gasteiger charge is -2.23. The van der Waals surface area contributed by atoms with Gasteiger partial charge in [-0.15, -0.1) is 0 Å². The minimum absolute atomic E-state index is 0.436. The molecule has 6 aromatic carbocycles. The van der Waals surface area contributed by atoms with E-state index in [1.807, 2.05) is 60.7 Å². The molecule has 0 atom stereocenters. The summed E-state index contributed by atoms with van der Waals surface area (Å²) in [5, 5.41) is 4.76. The molecule has 6 aromatic rings. The lowest BCUT2D eigenvalue weighted by molar-refractivity contribution is 0.417. The highest BCUT2D eigenvalue weighted by Gasteiger charge is 2.13. The lowest BCUT2D eigenvalue weighted by Crippen LogP contribution is -2.20. The Morgan fingerprint density at radius 3 is 2.14 bits per heavy atom. The Bertz CT molecular complexity index is 2300. The normalized spacial score (nSPS) is 16.6. The second kappa shape index (κ2) is 14.9. The summed E-state index contributed by atoms with van der Waals surface area (Å²) in [7, 11) is 2.11. The molecule has 7 rings (SSSR count). The van der Waals surface area contributed by atoms with Gasteiger partial charge in [0.2, 0.25) is 0 Å². The first-order valence-electron chi connectivity index (χ1n) is 17.1. The highest BCUT2D eigenvalue weighted by molar-refractivity contribution is 6.11. The van der Waals surface area contributed by atoms with Crippen LogP contribution in [0.3, 0.4) is 0 Å². The van der Waals surface area contributed by atoms with Crippen LogP contribution in [-0.4, -0.2) is 23.6 Å². The van der Waals surface area contributed by atoms with Crippen molar-refractivity contribution in [2.75, 3.05) is 7.05 Å². The maximum atomic E-state index is 6.50. The van der Waals surface area contributed by atoms with E-state index in [0.717, 1.165) is 58.6 Å². The van der Waals surface area contributed by atoms with E-state index in [1.54, 1.807) is 0 Å². The van der Waals surface area contributed by atoms with E-state index in [1.165, 1.54) is 27.1 Å². The van der Waals surface area contributed by atoms with E-state index in [0.29, 0.717) is 18.2 Å². The monoisotopic (exact) mass is 651 g/mol. The summed E-state index contributed by atoms with van der Waals surface area (Å²) in [6, 6.07) is 46.4. The largest absolute Gasteiger partial charge is 0.400 e. The van der Waals surface area contributed by atoms with Crippen LogP contribution in [-0.2, 0) is 13.1 Å². The second-order valence-electron chi connectivity index (χ2n) is 12.7. The molecule has 1 aliphatic carbocycles. The zero-order valence-corrected chi connectivity index (χ0v) is 28.3. The van der Waals surface area contributed by atoms with Crippen molar-refractivity contribution in [1.29, 1.82) is 0 Å². The Kier molecular flexibility index (Phi) is 9.65. The second-order valence-corrected chi connectivity index (χ2v) is 12.7. The molecular weight excluding hydrogens is 611 g/mol. The van der Waals surface area contributed by atoms with E-state index < -0.39 is 0 Å². The highest BCUT2D eigenvalue weighted by atomic mass is 15.1. The number of hydrogen-bond donors (Lipinski definition) is 2. The van der Waals surface area contributed by atoms with Crippen molar-refractivity contribution in [3.05, 3.63) is 191 Å². The zero-order valence-electron chi connectivity index (χ0n) is 28.3. The number of rotatable bonds is 8. The maximum Gasteiger partial charge on any atom is 0.157 e. The van der Waals surface area contributed by atoms with Gasteiger partial charge in [-0.2, -0.15) is 0 Å². The third kappa shape index (κ3) is 7.43. The molecule has 0 aliphatic heterocycles. The van der Waals surface area contributed by atoms with Crippen LogP contribution in [0, 0.1) is 0 Å². The van der Waals surface area contributed by atoms with Crippen LogP contribution in [0.4, 0.5) is 0 Å². The van der Waals surface area contributed by atoms with E-state index >= 15 is 0 Å². The molecule has 0 heterocycles. The van der Waals surface area contributed by atoms with Crippen molar-refractivity contribution in [3.63, 3.8) is 0 Å². The average molecular weight is 652 g/mol. The molecular formula is C45H41N5. The lowest BCUT2D eigenvalue weighted by atomic mass is 9.93. The first-order chi connectivity index (χ1) is 24.5. The molecule has 0 unspecified atom stereocenters. The molecule has 5 nitrogen and oxygen atoms in total. The maximum absolute atomic E-state index is 6.50. The Morgan fingerprint density at radius 2 is 1.36 bits per heavy atom. The van der Waals surface area contributed by atoms with Gasteiger partial charge in [-0.1, -0.05) is 127 Å². The predicted molar refractivity (Wildman–Crippen MR) is 211 cm³/mol. The minimum atomic E-state index is 0.436. The first kappa shape index (κ1) is 32.4. The van der Waals surface area contributed by atoms with E-state index in [2.05, 4.69) is 109 Å². The zero-order chi connectivity index (χ0) is 34.3. The average Bonchev–Trinajstić information content (AvgIpc) is 3.15. The van der Waals surface area contributed by atoms with Gasteiger partial charge in [-0.05, 0) is 87.0 Å². The fourth-order valence-electron chi connectivity index (χ4n) is 6.50. The Morgan fingerprint density at radius 1 is 0.700 bits per heavy atom. The fourth-order valence-corrected chi connectivity index (χ4v) is 6.50. The number of allylic oxidation sites excluding steroid dienone is 5. The quantitative estimate of drug-likeness (QED) is 0.127. The highest BCUT2D eigenvalue weighted by Crippen LogP contribution is 2.32. The van der Waals surface area contributed by atoms with Crippen LogP contribution in [0.5, 0.6) is 0 Å². The third-order valence-electron chi connectivity index (χ3n) is 9.16. The molecule has 0 amide bonds. The number of fused-ring (bicyclic) bond motifs is 2. The molecule has 246 valence electrons. The summed E-state index contributed by atoms with van der Waals surface area (Å²) in [5.41, 5.74) is 21.4. The van der Waals surface area contributed by atoms with Crippen molar-refractivity contribution >= 4 is 33.2 Å². The molecule has 50 heavy (non-hydrogen) atoms. The first-order valence-corrected chi connectivity index (χ1v) is 17.1. The van der Waals surface area contributed by atoms with Gasteiger partial charge in [0.1, 0.15) is 5.84 Å². The summed E-state index contributed by atoms with van der Waals surface area (Å²) < 4.78 is 0. The molecule has 0 bridgehead atoms. The van der Waals surface area contributed by atoms with Crippen LogP contribution in [0.1, 0.15) is 35.1 Å². The molecule has 0 radical (unpaired) electrons. The van der Waals surface area contributed by atoms with Crippen molar-refractivity contribution in [3.8, 4) is 11.1 Å². The molecule has 0 saturated heterocycles. The predicted octanol–water partition coefficient (Wildman–Crippen LogP) is 9.52. The fraction of sp³-hybridized carbons (Fsp3) is 0.111.